The molecule has 1 fully saturated rings. The maximum atomic E-state index is 16.2. The molecule has 1 saturated heterocycles. The van der Waals surface area contributed by atoms with E-state index in [-0.39, 0.29) is 11.5 Å². The highest BCUT2D eigenvalue weighted by molar-refractivity contribution is 6.73. The van der Waals surface area contributed by atoms with Gasteiger partial charge < -0.3 is 19.5 Å². The van der Waals surface area contributed by atoms with E-state index in [1.54, 1.807) is 20.8 Å². The first kappa shape index (κ1) is 34.6. The van der Waals surface area contributed by atoms with E-state index in [0.29, 0.717) is 67.0 Å². The molecule has 1 atom stereocenters. The van der Waals surface area contributed by atoms with E-state index in [1.807, 2.05) is 38.7 Å². The van der Waals surface area contributed by atoms with Gasteiger partial charge in [0.2, 0.25) is 5.91 Å². The first-order valence-corrected chi connectivity index (χ1v) is 18.4. The van der Waals surface area contributed by atoms with Gasteiger partial charge in [-0.25, -0.2) is 19.3 Å². The van der Waals surface area contributed by atoms with Crippen molar-refractivity contribution < 1.29 is 22.4 Å². The molecule has 2 aromatic heterocycles. The summed E-state index contributed by atoms with van der Waals surface area (Å²) in [7, 11) is -2.42. The number of nitrogens with one attached hydrogen (secondary N) is 1. The number of halogens is 3. The highest BCUT2D eigenvalue weighted by atomic mass is 28.4. The third-order valence-corrected chi connectivity index (χ3v) is 14.2. The summed E-state index contributed by atoms with van der Waals surface area (Å²) in [6, 6.07) is 7.51. The summed E-state index contributed by atoms with van der Waals surface area (Å²) in [5.74, 6) is -3.58. The number of carbonyl (C=O) groups excluding carboxylic acids is 1. The average Bonchev–Trinajstić information content (AvgIpc) is 2.99. The number of benzene rings is 1. The van der Waals surface area contributed by atoms with Crippen molar-refractivity contribution >= 4 is 36.8 Å². The second-order valence-corrected chi connectivity index (χ2v) is 17.3. The summed E-state index contributed by atoms with van der Waals surface area (Å²) in [6.45, 7) is 18.2. The topological polar surface area (TPSA) is 83.5 Å². The second kappa shape index (κ2) is 13.2. The summed E-state index contributed by atoms with van der Waals surface area (Å²) in [4.78, 5) is 29.7. The number of hydrogen-bond donors (Lipinski definition) is 1. The minimum atomic E-state index is -3.58. The van der Waals surface area contributed by atoms with Gasteiger partial charge in [-0.3, -0.25) is 4.79 Å². The van der Waals surface area contributed by atoms with Gasteiger partial charge in [-0.05, 0) is 64.9 Å². The molecule has 8 nitrogen and oxygen atoms in total. The molecule has 1 amide bonds. The van der Waals surface area contributed by atoms with Gasteiger partial charge in [-0.1, -0.05) is 32.9 Å². The van der Waals surface area contributed by atoms with E-state index in [1.165, 1.54) is 26.0 Å². The number of pyridine rings is 1. The molecule has 0 spiro atoms. The summed E-state index contributed by atoms with van der Waals surface area (Å²) in [5, 5.41) is 3.90. The summed E-state index contributed by atoms with van der Waals surface area (Å²) < 4.78 is 54.7. The van der Waals surface area contributed by atoms with E-state index in [2.05, 4.69) is 20.2 Å². The molecule has 12 heteroatoms. The standard InChI is InChI=1S/C33H47F3N6O2Si/c1-10-45(11-2,12-3)44-32(8,9)33(35,36)27-15-13-14-25(29(27)34)21(4)37-30-26-20-28(22(5)38-31(26)40-23(6)39-30)42-18-16-41(17-19-42)24(7)43/h13-15,20-21H,10-12,16-19H2,1-9H3,(H,37,38,39,40)/t21-/m1/s1. The Balaban J connectivity index is 1.67. The van der Waals surface area contributed by atoms with Gasteiger partial charge in [0, 0.05) is 38.7 Å². The number of hydrogen-bond acceptors (Lipinski definition) is 7. The average molecular weight is 645 g/mol. The Labute approximate surface area is 265 Å². The lowest BCUT2D eigenvalue weighted by atomic mass is 9.91. The number of amides is 1. The minimum absolute atomic E-state index is 0.0513. The fourth-order valence-electron chi connectivity index (χ4n) is 6.24. The van der Waals surface area contributed by atoms with Crippen molar-refractivity contribution in [1.82, 2.24) is 19.9 Å². The molecule has 3 aromatic rings. The fourth-order valence-corrected chi connectivity index (χ4v) is 9.38. The summed E-state index contributed by atoms with van der Waals surface area (Å²) >= 11 is 0. The van der Waals surface area contributed by atoms with E-state index in [0.717, 1.165) is 17.4 Å². The van der Waals surface area contributed by atoms with Gasteiger partial charge in [0.15, 0.2) is 14.0 Å². The number of piperazine rings is 1. The predicted octanol–water partition coefficient (Wildman–Crippen LogP) is 7.51. The zero-order valence-corrected chi connectivity index (χ0v) is 29.0. The van der Waals surface area contributed by atoms with Crippen molar-refractivity contribution in [3.8, 4) is 0 Å². The van der Waals surface area contributed by atoms with Crippen molar-refractivity contribution in [3.63, 3.8) is 0 Å². The summed E-state index contributed by atoms with van der Waals surface area (Å²) in [5.41, 5.74) is -0.308. The fraction of sp³-hybridized carbons (Fsp3) is 0.576. The van der Waals surface area contributed by atoms with Crippen LogP contribution in [0.4, 0.5) is 24.7 Å². The molecule has 246 valence electrons. The molecule has 0 aliphatic carbocycles. The Kier molecular flexibility index (Phi) is 10.2. The van der Waals surface area contributed by atoms with Crippen LogP contribution in [0.1, 0.15) is 77.2 Å². The van der Waals surface area contributed by atoms with Gasteiger partial charge in [0.05, 0.1) is 28.4 Å². The van der Waals surface area contributed by atoms with Crippen LogP contribution in [0.15, 0.2) is 24.3 Å². The summed E-state index contributed by atoms with van der Waals surface area (Å²) in [6.07, 6.45) is 0. The van der Waals surface area contributed by atoms with Crippen LogP contribution in [0.5, 0.6) is 0 Å². The number of rotatable bonds is 11. The van der Waals surface area contributed by atoms with Crippen LogP contribution in [0, 0.1) is 19.7 Å². The molecule has 1 N–H and O–H groups in total. The van der Waals surface area contributed by atoms with Crippen molar-refractivity contribution in [2.45, 2.75) is 98.0 Å². The smallest absolute Gasteiger partial charge is 0.302 e. The molecule has 0 bridgehead atoms. The van der Waals surface area contributed by atoms with Gasteiger partial charge in [0.25, 0.3) is 0 Å². The van der Waals surface area contributed by atoms with Crippen LogP contribution in [-0.2, 0) is 15.1 Å². The Morgan fingerprint density at radius 2 is 1.67 bits per heavy atom. The molecule has 0 radical (unpaired) electrons. The highest BCUT2D eigenvalue weighted by Crippen LogP contribution is 2.46. The quantitative estimate of drug-likeness (QED) is 0.216. The zero-order valence-electron chi connectivity index (χ0n) is 28.0. The Morgan fingerprint density at radius 1 is 1.04 bits per heavy atom. The molecule has 0 unspecified atom stereocenters. The van der Waals surface area contributed by atoms with Gasteiger partial charge in [-0.15, -0.1) is 0 Å². The number of nitrogens with zero attached hydrogens (tertiary/aromatic N) is 5. The maximum absolute atomic E-state index is 16.2. The normalized spacial score (nSPS) is 15.5. The van der Waals surface area contributed by atoms with Crippen LogP contribution >= 0.6 is 0 Å². The first-order chi connectivity index (χ1) is 21.1. The minimum Gasteiger partial charge on any atom is -0.405 e. The van der Waals surface area contributed by atoms with E-state index < -0.39 is 37.3 Å². The number of alkyl halides is 2. The number of carbonyl (C=O) groups is 1. The SMILES string of the molecule is CC[Si](CC)(CC)OC(C)(C)C(F)(F)c1cccc([C@@H](C)Nc2nc(C)nc3nc(C)c(N4CCN(C(C)=O)CC4)cc23)c1F. The molecule has 1 aromatic carbocycles. The molecular formula is C33H47F3N6O2Si. The molecule has 3 heterocycles. The Morgan fingerprint density at radius 3 is 2.24 bits per heavy atom. The third-order valence-electron chi connectivity index (χ3n) is 9.38. The molecule has 0 saturated carbocycles. The molecule has 4 rings (SSSR count). The van der Waals surface area contributed by atoms with Crippen molar-refractivity contribution in [1.29, 1.82) is 0 Å². The van der Waals surface area contributed by atoms with Crippen LogP contribution in [0.2, 0.25) is 18.1 Å². The molecule has 1 aliphatic rings. The van der Waals surface area contributed by atoms with E-state index in [9.17, 15) is 4.79 Å². The van der Waals surface area contributed by atoms with Crippen LogP contribution in [-0.4, -0.2) is 65.9 Å². The van der Waals surface area contributed by atoms with Crippen molar-refractivity contribution in [2.75, 3.05) is 36.4 Å². The van der Waals surface area contributed by atoms with Crippen LogP contribution in [0.25, 0.3) is 11.0 Å². The Hall–Kier alpha value is -3.25. The monoisotopic (exact) mass is 644 g/mol. The van der Waals surface area contributed by atoms with Gasteiger partial charge >= 0.3 is 5.92 Å². The molecular weight excluding hydrogens is 597 g/mol. The molecule has 1 aliphatic heterocycles. The first-order valence-electron chi connectivity index (χ1n) is 15.9. The Bertz CT molecular complexity index is 1530. The lowest BCUT2D eigenvalue weighted by molar-refractivity contribution is -0.161. The number of fused-ring (bicyclic) bond motifs is 1. The third kappa shape index (κ3) is 6.81. The number of aryl methyl sites for hydroxylation is 2. The maximum Gasteiger partial charge on any atom is 0.302 e. The highest BCUT2D eigenvalue weighted by Gasteiger charge is 2.54. The van der Waals surface area contributed by atoms with Crippen LogP contribution < -0.4 is 10.2 Å². The van der Waals surface area contributed by atoms with E-state index >= 15 is 13.2 Å². The van der Waals surface area contributed by atoms with Gasteiger partial charge in [0.1, 0.15) is 23.1 Å². The lowest BCUT2D eigenvalue weighted by Crippen LogP contribution is -2.52. The zero-order chi connectivity index (χ0) is 33.3. The lowest BCUT2D eigenvalue weighted by Gasteiger charge is -2.42. The van der Waals surface area contributed by atoms with Crippen molar-refractivity contribution in [3.05, 3.63) is 52.7 Å². The van der Waals surface area contributed by atoms with Crippen LogP contribution in [0.3, 0.4) is 0 Å². The second-order valence-electron chi connectivity index (χ2n) is 12.6. The van der Waals surface area contributed by atoms with E-state index in [4.69, 9.17) is 9.41 Å². The predicted molar refractivity (Wildman–Crippen MR) is 176 cm³/mol. The van der Waals surface area contributed by atoms with Gasteiger partial charge in [-0.2, -0.15) is 8.78 Å². The molecule has 45 heavy (non-hydrogen) atoms. The largest absolute Gasteiger partial charge is 0.405 e. The van der Waals surface area contributed by atoms with Crippen molar-refractivity contribution in [2.24, 2.45) is 0 Å². The number of anilines is 2. The number of aromatic nitrogens is 3.